The van der Waals surface area contributed by atoms with Crippen LogP contribution in [0.25, 0.3) is 32.9 Å². The Bertz CT molecular complexity index is 1250. The third kappa shape index (κ3) is 3.37. The summed E-state index contributed by atoms with van der Waals surface area (Å²) in [5.41, 5.74) is 10.1. The van der Waals surface area contributed by atoms with E-state index in [0.717, 1.165) is 52.3 Å². The number of aryl methyl sites for hydroxylation is 1. The maximum Gasteiger partial charge on any atom is 0.162 e. The third-order valence-electron chi connectivity index (χ3n) is 5.58. The molecule has 0 bridgehead atoms. The Morgan fingerprint density at radius 1 is 1.00 bits per heavy atom. The van der Waals surface area contributed by atoms with Crippen molar-refractivity contribution >= 4 is 27.5 Å². The molecule has 0 radical (unpaired) electrons. The Kier molecular flexibility index (Phi) is 4.59. The highest BCUT2D eigenvalue weighted by atomic mass is 16.5. The van der Waals surface area contributed by atoms with Crippen LogP contribution in [0.15, 0.2) is 42.9 Å². The second kappa shape index (κ2) is 7.42. The van der Waals surface area contributed by atoms with Crippen molar-refractivity contribution in [3.05, 3.63) is 48.4 Å². The first-order valence-electron chi connectivity index (χ1n) is 9.95. The van der Waals surface area contributed by atoms with Gasteiger partial charge < -0.3 is 20.5 Å². The smallest absolute Gasteiger partial charge is 0.162 e. The van der Waals surface area contributed by atoms with E-state index in [1.165, 1.54) is 5.56 Å². The van der Waals surface area contributed by atoms with Crippen LogP contribution in [0, 0.1) is 0 Å². The number of benzene rings is 1. The number of fused-ring (bicyclic) bond motifs is 3. The van der Waals surface area contributed by atoms with Crippen LogP contribution in [-0.2, 0) is 6.42 Å². The fourth-order valence-electron chi connectivity index (χ4n) is 3.80. The molecule has 1 aromatic carbocycles. The number of hydrogen-bond donors (Lipinski definition) is 2. The second-order valence-electron chi connectivity index (χ2n) is 7.56. The zero-order chi connectivity index (χ0) is 20.7. The molecule has 7 heteroatoms. The van der Waals surface area contributed by atoms with Gasteiger partial charge in [-0.05, 0) is 42.0 Å². The number of hydrogen-bond acceptors (Lipinski definition) is 7. The van der Waals surface area contributed by atoms with Gasteiger partial charge in [0.2, 0.25) is 0 Å². The van der Waals surface area contributed by atoms with Crippen LogP contribution in [0.1, 0.15) is 12.0 Å². The summed E-state index contributed by atoms with van der Waals surface area (Å²) in [4.78, 5) is 13.6. The summed E-state index contributed by atoms with van der Waals surface area (Å²) in [5.74, 6) is 1.73. The Labute approximate surface area is 174 Å². The molecule has 1 aliphatic rings. The van der Waals surface area contributed by atoms with Crippen molar-refractivity contribution in [1.29, 1.82) is 0 Å². The van der Waals surface area contributed by atoms with Crippen LogP contribution in [0.2, 0.25) is 0 Å². The van der Waals surface area contributed by atoms with E-state index in [2.05, 4.69) is 26.3 Å². The minimum absolute atomic E-state index is 0.444. The number of rotatable bonds is 6. The topological polar surface area (TPSA) is 105 Å². The van der Waals surface area contributed by atoms with Gasteiger partial charge in [0.1, 0.15) is 5.82 Å². The molecule has 7 nitrogen and oxygen atoms in total. The van der Waals surface area contributed by atoms with E-state index in [0.29, 0.717) is 23.4 Å². The van der Waals surface area contributed by atoms with Gasteiger partial charge >= 0.3 is 0 Å². The number of nitrogens with two attached hydrogens (primary N) is 1. The Hall–Kier alpha value is -3.45. The minimum atomic E-state index is 0.444. The highest BCUT2D eigenvalue weighted by Crippen LogP contribution is 2.36. The van der Waals surface area contributed by atoms with Crippen LogP contribution >= 0.6 is 0 Å². The number of anilines is 1. The van der Waals surface area contributed by atoms with E-state index in [1.807, 2.05) is 30.6 Å². The van der Waals surface area contributed by atoms with E-state index in [1.54, 1.807) is 20.4 Å². The Morgan fingerprint density at radius 2 is 1.80 bits per heavy atom. The normalized spacial score (nSPS) is 15.5. The highest BCUT2D eigenvalue weighted by Gasteiger charge is 2.19. The first kappa shape index (κ1) is 18.6. The van der Waals surface area contributed by atoms with E-state index in [9.17, 15) is 0 Å². The van der Waals surface area contributed by atoms with Crippen molar-refractivity contribution in [2.24, 2.45) is 0 Å². The molecule has 1 fully saturated rings. The lowest BCUT2D eigenvalue weighted by molar-refractivity contribution is 0.356. The fourth-order valence-corrected chi connectivity index (χ4v) is 3.80. The molecule has 3 N–H and O–H groups in total. The molecular formula is C23H23N5O2. The van der Waals surface area contributed by atoms with Gasteiger partial charge in [0.05, 0.1) is 25.4 Å². The molecule has 0 spiro atoms. The van der Waals surface area contributed by atoms with Gasteiger partial charge in [-0.2, -0.15) is 0 Å². The molecule has 152 valence electrons. The van der Waals surface area contributed by atoms with Crippen LogP contribution in [-0.4, -0.2) is 41.8 Å². The quantitative estimate of drug-likeness (QED) is 0.377. The van der Waals surface area contributed by atoms with Crippen molar-refractivity contribution in [3.8, 4) is 22.8 Å². The number of ether oxygens (including phenoxy) is 2. The zero-order valence-electron chi connectivity index (χ0n) is 17.0. The summed E-state index contributed by atoms with van der Waals surface area (Å²) in [7, 11) is 3.24. The summed E-state index contributed by atoms with van der Waals surface area (Å²) in [6, 6.07) is 8.65. The molecule has 1 aliphatic heterocycles. The molecule has 1 atom stereocenters. The molecule has 5 rings (SSSR count). The second-order valence-corrected chi connectivity index (χ2v) is 7.56. The molecular weight excluding hydrogens is 378 g/mol. The predicted octanol–water partition coefficient (Wildman–Crippen LogP) is 3.35. The maximum absolute atomic E-state index is 6.32. The monoisotopic (exact) mass is 401 g/mol. The van der Waals surface area contributed by atoms with E-state index in [-0.39, 0.29) is 0 Å². The molecule has 0 amide bonds. The van der Waals surface area contributed by atoms with E-state index < -0.39 is 0 Å². The molecule has 1 unspecified atom stereocenters. The fraction of sp³-hybridized carbons (Fsp3) is 0.261. The van der Waals surface area contributed by atoms with Gasteiger partial charge in [0, 0.05) is 53.6 Å². The first-order valence-corrected chi connectivity index (χ1v) is 9.95. The van der Waals surface area contributed by atoms with Crippen LogP contribution < -0.4 is 20.5 Å². The number of nitrogens with one attached hydrogen (secondary N) is 1. The maximum atomic E-state index is 6.32. The summed E-state index contributed by atoms with van der Waals surface area (Å²) in [5, 5.41) is 6.05. The molecule has 1 saturated heterocycles. The van der Waals surface area contributed by atoms with Crippen LogP contribution in [0.4, 0.5) is 5.82 Å². The van der Waals surface area contributed by atoms with Gasteiger partial charge in [-0.1, -0.05) is 0 Å². The summed E-state index contributed by atoms with van der Waals surface area (Å²) < 4.78 is 10.9. The van der Waals surface area contributed by atoms with Gasteiger partial charge in [-0.15, -0.1) is 0 Å². The minimum Gasteiger partial charge on any atom is -0.493 e. The SMILES string of the molecule is COc1cc2ncc3c(N)nc(-c4cncc(CCC5CN5)c4)cc3c2cc1OC. The number of nitrogens with zero attached hydrogens (tertiary/aromatic N) is 3. The van der Waals surface area contributed by atoms with Crippen LogP contribution in [0.5, 0.6) is 11.5 Å². The van der Waals surface area contributed by atoms with Crippen molar-refractivity contribution < 1.29 is 9.47 Å². The molecule has 0 aliphatic carbocycles. The van der Waals surface area contributed by atoms with Gasteiger partial charge in [-0.25, -0.2) is 4.98 Å². The van der Waals surface area contributed by atoms with Crippen molar-refractivity contribution in [3.63, 3.8) is 0 Å². The average Bonchev–Trinajstić information content (AvgIpc) is 3.61. The highest BCUT2D eigenvalue weighted by molar-refractivity contribution is 6.10. The lowest BCUT2D eigenvalue weighted by Gasteiger charge is -2.12. The van der Waals surface area contributed by atoms with E-state index >= 15 is 0 Å². The molecule has 4 heterocycles. The predicted molar refractivity (Wildman–Crippen MR) is 118 cm³/mol. The van der Waals surface area contributed by atoms with Crippen molar-refractivity contribution in [1.82, 2.24) is 20.3 Å². The first-order chi connectivity index (χ1) is 14.7. The number of methoxy groups -OCH3 is 2. The van der Waals surface area contributed by atoms with Crippen molar-refractivity contribution in [2.75, 3.05) is 26.5 Å². The molecule has 4 aromatic rings. The van der Waals surface area contributed by atoms with E-state index in [4.69, 9.17) is 15.2 Å². The average molecular weight is 401 g/mol. The standard InChI is InChI=1S/C23H23N5O2/c1-29-21-7-17-16-6-19(14-5-13(9-25-10-14)3-4-15-11-26-15)28-23(24)18(16)12-27-20(17)8-22(21)30-2/h5-10,12,15,26H,3-4,11H2,1-2H3,(H2,24,28). The number of nitrogen functional groups attached to an aromatic ring is 1. The molecule has 0 saturated carbocycles. The largest absolute Gasteiger partial charge is 0.493 e. The molecule has 3 aromatic heterocycles. The Balaban J connectivity index is 1.64. The summed E-state index contributed by atoms with van der Waals surface area (Å²) in [6.07, 6.45) is 7.63. The lowest BCUT2D eigenvalue weighted by atomic mass is 10.0. The van der Waals surface area contributed by atoms with Crippen LogP contribution in [0.3, 0.4) is 0 Å². The number of pyridine rings is 3. The van der Waals surface area contributed by atoms with Gasteiger partial charge in [0.15, 0.2) is 11.5 Å². The van der Waals surface area contributed by atoms with Gasteiger partial charge in [-0.3, -0.25) is 9.97 Å². The molecule has 30 heavy (non-hydrogen) atoms. The number of aromatic nitrogens is 3. The lowest BCUT2D eigenvalue weighted by Crippen LogP contribution is -1.98. The summed E-state index contributed by atoms with van der Waals surface area (Å²) in [6.45, 7) is 1.12. The summed E-state index contributed by atoms with van der Waals surface area (Å²) >= 11 is 0. The third-order valence-corrected chi connectivity index (χ3v) is 5.58. The van der Waals surface area contributed by atoms with Crippen molar-refractivity contribution in [2.45, 2.75) is 18.9 Å². The zero-order valence-corrected chi connectivity index (χ0v) is 17.0. The Morgan fingerprint density at radius 3 is 2.57 bits per heavy atom. The van der Waals surface area contributed by atoms with Gasteiger partial charge in [0.25, 0.3) is 0 Å².